The van der Waals surface area contributed by atoms with E-state index in [1.807, 2.05) is 0 Å². The van der Waals surface area contributed by atoms with Crippen LogP contribution in [-0.2, 0) is 28.5 Å². The van der Waals surface area contributed by atoms with Crippen LogP contribution in [0.5, 0.6) is 0 Å². The van der Waals surface area contributed by atoms with Crippen LogP contribution in [-0.4, -0.2) is 72.0 Å². The number of unbranched alkanes of at least 4 members (excludes halogenated alkanes) is 7. The predicted molar refractivity (Wildman–Crippen MR) is 106 cm³/mol. The summed E-state index contributed by atoms with van der Waals surface area (Å²) in [7, 11) is 0. The van der Waals surface area contributed by atoms with Crippen LogP contribution < -0.4 is 5.73 Å². The Kier molecular flexibility index (Phi) is 22.7. The van der Waals surface area contributed by atoms with Gasteiger partial charge in [0.2, 0.25) is 5.91 Å². The molecular weight excluding hydrogens is 350 g/mol. The lowest BCUT2D eigenvalue weighted by atomic mass is 10.1. The highest BCUT2D eigenvalue weighted by Crippen LogP contribution is 2.08. The Morgan fingerprint density at radius 1 is 0.556 bits per heavy atom. The van der Waals surface area contributed by atoms with Crippen LogP contribution in [0.15, 0.2) is 0 Å². The van der Waals surface area contributed by atoms with Gasteiger partial charge in [-0.1, -0.05) is 51.9 Å². The molecule has 7 nitrogen and oxygen atoms in total. The van der Waals surface area contributed by atoms with Gasteiger partial charge in [-0.3, -0.25) is 4.79 Å². The summed E-state index contributed by atoms with van der Waals surface area (Å²) < 4.78 is 26.6. The van der Waals surface area contributed by atoms with E-state index in [-0.39, 0.29) is 6.61 Å². The minimum Gasteiger partial charge on any atom is -0.379 e. The molecule has 1 amide bonds. The van der Waals surface area contributed by atoms with Crippen LogP contribution in [0.2, 0.25) is 0 Å². The Balaban J connectivity index is 2.98. The summed E-state index contributed by atoms with van der Waals surface area (Å²) in [6, 6.07) is 0. The number of amides is 1. The highest BCUT2D eigenvalue weighted by molar-refractivity contribution is 5.74. The second-order valence-corrected chi connectivity index (χ2v) is 6.44. The Bertz CT molecular complexity index is 304. The number of nitrogens with two attached hydrogens (primary N) is 1. The molecule has 0 spiro atoms. The van der Waals surface area contributed by atoms with Gasteiger partial charge in [0.25, 0.3) is 0 Å². The lowest BCUT2D eigenvalue weighted by Crippen LogP contribution is -2.20. The molecule has 0 saturated carbocycles. The Labute approximate surface area is 165 Å². The van der Waals surface area contributed by atoms with Crippen LogP contribution in [0.3, 0.4) is 0 Å². The molecule has 0 bridgehead atoms. The molecule has 0 unspecified atom stereocenters. The van der Waals surface area contributed by atoms with Crippen molar-refractivity contribution in [2.24, 2.45) is 5.73 Å². The molecule has 0 aromatic heterocycles. The van der Waals surface area contributed by atoms with Crippen LogP contribution in [0, 0.1) is 0 Å². The number of carbonyl (C=O) groups excluding carboxylic acids is 1. The zero-order chi connectivity index (χ0) is 19.8. The first-order valence-electron chi connectivity index (χ1n) is 10.4. The molecule has 0 aliphatic heterocycles. The van der Waals surface area contributed by atoms with Crippen molar-refractivity contribution < 1.29 is 28.5 Å². The quantitative estimate of drug-likeness (QED) is 0.269. The molecule has 0 fully saturated rings. The maximum Gasteiger partial charge on any atom is 0.243 e. The lowest BCUT2D eigenvalue weighted by molar-refractivity contribution is -0.123. The molecule has 0 saturated heterocycles. The first-order chi connectivity index (χ1) is 13.3. The van der Waals surface area contributed by atoms with E-state index in [2.05, 4.69) is 6.92 Å². The van der Waals surface area contributed by atoms with Crippen molar-refractivity contribution in [2.75, 3.05) is 66.1 Å². The predicted octanol–water partition coefficient (Wildman–Crippen LogP) is 2.70. The highest BCUT2D eigenvalue weighted by atomic mass is 16.6. The van der Waals surface area contributed by atoms with Gasteiger partial charge in [0.15, 0.2) is 0 Å². The topological polar surface area (TPSA) is 89.2 Å². The minimum absolute atomic E-state index is 0.0694. The van der Waals surface area contributed by atoms with E-state index in [0.29, 0.717) is 52.9 Å². The van der Waals surface area contributed by atoms with Crippen LogP contribution in [0.1, 0.15) is 58.3 Å². The van der Waals surface area contributed by atoms with Crippen LogP contribution in [0.4, 0.5) is 0 Å². The van der Waals surface area contributed by atoms with E-state index in [0.717, 1.165) is 13.0 Å². The maximum absolute atomic E-state index is 10.4. The molecule has 162 valence electrons. The number of primary amides is 1. The molecule has 0 aliphatic carbocycles. The summed E-state index contributed by atoms with van der Waals surface area (Å²) in [5.41, 5.74) is 4.94. The monoisotopic (exact) mass is 391 g/mol. The maximum atomic E-state index is 10.4. The molecule has 0 aromatic carbocycles. The first kappa shape index (κ1) is 26.3. The molecule has 0 heterocycles. The Morgan fingerprint density at radius 3 is 1.37 bits per heavy atom. The molecule has 2 N–H and O–H groups in total. The van der Waals surface area contributed by atoms with E-state index in [4.69, 9.17) is 29.4 Å². The van der Waals surface area contributed by atoms with Gasteiger partial charge in [-0.25, -0.2) is 0 Å². The average Bonchev–Trinajstić information content (AvgIpc) is 2.65. The summed E-state index contributed by atoms with van der Waals surface area (Å²) in [5.74, 6) is -0.475. The highest BCUT2D eigenvalue weighted by Gasteiger charge is 1.96. The summed E-state index contributed by atoms with van der Waals surface area (Å²) in [4.78, 5) is 10.4. The van der Waals surface area contributed by atoms with Gasteiger partial charge in [0.1, 0.15) is 6.61 Å². The van der Waals surface area contributed by atoms with Crippen molar-refractivity contribution in [3.63, 3.8) is 0 Å². The van der Waals surface area contributed by atoms with Gasteiger partial charge in [-0.15, -0.1) is 0 Å². The van der Waals surface area contributed by atoms with Crippen LogP contribution >= 0.6 is 0 Å². The van der Waals surface area contributed by atoms with Gasteiger partial charge in [-0.2, -0.15) is 0 Å². The van der Waals surface area contributed by atoms with Crippen molar-refractivity contribution in [1.82, 2.24) is 0 Å². The molecule has 0 aromatic rings. The lowest BCUT2D eigenvalue weighted by Gasteiger charge is -2.07. The average molecular weight is 392 g/mol. The fourth-order valence-electron chi connectivity index (χ4n) is 2.39. The Morgan fingerprint density at radius 2 is 0.926 bits per heavy atom. The second-order valence-electron chi connectivity index (χ2n) is 6.44. The van der Waals surface area contributed by atoms with Gasteiger partial charge >= 0.3 is 0 Å². The molecule has 0 aliphatic rings. The smallest absolute Gasteiger partial charge is 0.243 e. The summed E-state index contributed by atoms with van der Waals surface area (Å²) >= 11 is 0. The van der Waals surface area contributed by atoms with Crippen LogP contribution in [0.25, 0.3) is 0 Å². The zero-order valence-corrected chi connectivity index (χ0v) is 17.3. The number of hydrogen-bond donors (Lipinski definition) is 1. The number of hydrogen-bond acceptors (Lipinski definition) is 6. The van der Waals surface area contributed by atoms with Crippen molar-refractivity contribution in [3.05, 3.63) is 0 Å². The third kappa shape index (κ3) is 25.3. The summed E-state index contributed by atoms with van der Waals surface area (Å²) in [6.07, 6.45) is 10.5. The van der Waals surface area contributed by atoms with Crippen molar-refractivity contribution in [1.29, 1.82) is 0 Å². The molecule has 0 atom stereocenters. The van der Waals surface area contributed by atoms with Gasteiger partial charge in [0.05, 0.1) is 52.9 Å². The van der Waals surface area contributed by atoms with Gasteiger partial charge < -0.3 is 29.4 Å². The molecule has 7 heteroatoms. The third-order valence-electron chi connectivity index (χ3n) is 3.87. The minimum atomic E-state index is -0.475. The van der Waals surface area contributed by atoms with Gasteiger partial charge in [0, 0.05) is 6.61 Å². The number of ether oxygens (including phenoxy) is 5. The molecule has 0 rings (SSSR count). The van der Waals surface area contributed by atoms with E-state index in [1.54, 1.807) is 0 Å². The van der Waals surface area contributed by atoms with Crippen molar-refractivity contribution >= 4 is 5.91 Å². The molecule has 27 heavy (non-hydrogen) atoms. The van der Waals surface area contributed by atoms with E-state index in [1.165, 1.54) is 44.9 Å². The largest absolute Gasteiger partial charge is 0.379 e. The fourth-order valence-corrected chi connectivity index (χ4v) is 2.39. The van der Waals surface area contributed by atoms with E-state index in [9.17, 15) is 4.79 Å². The van der Waals surface area contributed by atoms with Crippen molar-refractivity contribution in [2.45, 2.75) is 58.3 Å². The standard InChI is InChI=1S/C20H41NO6/c1-2-3-4-5-6-7-8-9-10-23-11-12-24-13-14-25-15-16-26-17-18-27-19-20(21)22/h2-19H2,1H3,(H2,21,22). The molecule has 0 radical (unpaired) electrons. The normalized spacial score (nSPS) is 11.1. The van der Waals surface area contributed by atoms with Crippen molar-refractivity contribution in [3.8, 4) is 0 Å². The number of rotatable bonds is 23. The molecular formula is C20H41NO6. The van der Waals surface area contributed by atoms with Gasteiger partial charge in [-0.05, 0) is 6.42 Å². The van der Waals surface area contributed by atoms with E-state index < -0.39 is 5.91 Å². The number of carbonyl (C=O) groups is 1. The van der Waals surface area contributed by atoms with E-state index >= 15 is 0 Å². The third-order valence-corrected chi connectivity index (χ3v) is 3.87. The first-order valence-corrected chi connectivity index (χ1v) is 10.4. The Hall–Kier alpha value is -0.730. The SMILES string of the molecule is CCCCCCCCCCOCCOCCOCCOCCOCC(N)=O. The summed E-state index contributed by atoms with van der Waals surface area (Å²) in [6.45, 7) is 7.13. The second kappa shape index (κ2) is 23.3. The fraction of sp³-hybridized carbons (Fsp3) is 0.950. The zero-order valence-electron chi connectivity index (χ0n) is 17.3. The summed E-state index contributed by atoms with van der Waals surface area (Å²) in [5, 5.41) is 0.